The molecule has 0 aliphatic heterocycles. The van der Waals surface area contributed by atoms with Crippen molar-refractivity contribution in [1.82, 2.24) is 12.9 Å². The molecule has 0 saturated heterocycles. The molecule has 0 rings (SSSR count). The molecule has 788 valence electrons. The number of phosphoric acid groups is 1. The van der Waals surface area contributed by atoms with Crippen LogP contribution in [0, 0.1) is 0 Å². The first-order valence-electron chi connectivity index (χ1n) is 26.4. The molecule has 0 N–H and O–H groups in total. The van der Waals surface area contributed by atoms with Crippen LogP contribution in [0.25, 0.3) is 0 Å². The van der Waals surface area contributed by atoms with E-state index in [0.717, 1.165) is 0 Å². The van der Waals surface area contributed by atoms with Crippen molar-refractivity contribution in [2.45, 2.75) is 215 Å². The van der Waals surface area contributed by atoms with Crippen LogP contribution in [0.2, 0.25) is 0 Å². The van der Waals surface area contributed by atoms with Crippen LogP contribution in [-0.2, 0) is 49.4 Å². The molecule has 0 bridgehead atoms. The predicted octanol–water partition coefficient (Wildman–Crippen LogP) is 23.0. The van der Waals surface area contributed by atoms with Crippen LogP contribution in [0.5, 0.6) is 0 Å². The minimum atomic E-state index is -15.9. The number of rotatable bonds is 39. The standard InChI is InChI=1S/C36F78N3O10PS3/c37-1(38,7(49,50)13(61,62)19(73,74)25(82,83)84)4(43,44)10(55,56)16(67,68)22(79,31(100,101)115(129(112,119)120)34(106,107)28(91,92)93)125-128(118,126-23(80,32(102,103)116(130(113,121)122)35(108,109)29(94,95)96)17(69,70)11(57,58)5(45,46)2(39,40)8(51,52)14(63,64)20(75,76)26(85,86)87)127-24(81,33(104,105)117(131(114,123)124)36(110,111)30(97,98)99)18(71,72)12(59,60)6(47,48)3(41,42)9(53,54)15(65,66)21(77,78)27(88,89)90. The highest BCUT2D eigenvalue weighted by Crippen LogP contribution is 2.79. The van der Waals surface area contributed by atoms with E-state index in [0.29, 0.717) is 0 Å². The summed E-state index contributed by atoms with van der Waals surface area (Å²) in [5, 5.41) is 0. The lowest BCUT2D eigenvalue weighted by Gasteiger charge is -2.51. The third-order valence-corrected chi connectivity index (χ3v) is 18.6. The smallest absolute Gasteiger partial charge is 0.235 e. The number of hydrogen-bond donors (Lipinski definition) is 0. The van der Waals surface area contributed by atoms with Crippen molar-refractivity contribution >= 4 is 39.1 Å². The third-order valence-electron chi connectivity index (χ3n) is 14.5. The van der Waals surface area contributed by atoms with Crippen molar-refractivity contribution < 1.29 is 384 Å². The van der Waals surface area contributed by atoms with Crippen LogP contribution >= 0.6 is 7.82 Å². The maximum atomic E-state index is 17.5. The molecule has 131 heavy (non-hydrogen) atoms. The average Bonchev–Trinajstić information content (AvgIpc) is 0.664. The summed E-state index contributed by atoms with van der Waals surface area (Å²) in [6.07, 6.45) is -59.5. The van der Waals surface area contributed by atoms with E-state index in [1.165, 1.54) is 0 Å². The van der Waals surface area contributed by atoms with Crippen LogP contribution in [0.3, 0.4) is 0 Å². The van der Waals surface area contributed by atoms with Gasteiger partial charge in [-0.15, -0.1) is 0 Å². The van der Waals surface area contributed by atoms with Crippen molar-refractivity contribution in [2.24, 2.45) is 0 Å². The second-order valence-corrected chi connectivity index (χ2v) is 27.9. The largest absolute Gasteiger partial charge is 0.484 e. The Hall–Kier alpha value is -5.62. The highest BCUT2D eigenvalue weighted by atomic mass is 32.3. The maximum absolute atomic E-state index is 17.5. The van der Waals surface area contributed by atoms with E-state index in [9.17, 15) is 252 Å². The summed E-state index contributed by atoms with van der Waals surface area (Å²) in [7, 11) is -51.3. The lowest BCUT2D eigenvalue weighted by Crippen LogP contribution is -2.81. The Morgan fingerprint density at radius 2 is 0.237 bits per heavy atom. The first kappa shape index (κ1) is 125. The molecule has 0 aliphatic rings. The molecule has 13 nitrogen and oxygen atoms in total. The molecule has 0 heterocycles. The topological polar surface area (TPSA) is 157 Å². The molecular formula is C36F78N3O10PS3. The zero-order valence-corrected chi connectivity index (χ0v) is 57.9. The normalized spacial score (nSPS) is 18.9. The highest BCUT2D eigenvalue weighted by Gasteiger charge is 3.06. The van der Waals surface area contributed by atoms with Gasteiger partial charge in [0.2, 0.25) is 0 Å². The van der Waals surface area contributed by atoms with E-state index in [4.69, 9.17) is 0 Å². The fourth-order valence-corrected chi connectivity index (χ4v) is 11.6. The molecule has 0 aromatic carbocycles. The van der Waals surface area contributed by atoms with E-state index in [1.807, 2.05) is 0 Å². The van der Waals surface area contributed by atoms with Gasteiger partial charge in [0.25, 0.3) is 0 Å². The minimum Gasteiger partial charge on any atom is -0.235 e. The molecule has 0 fully saturated rings. The first-order valence-corrected chi connectivity index (χ1v) is 31.9. The van der Waals surface area contributed by atoms with Gasteiger partial charge in [0, 0.05) is 0 Å². The second-order valence-electron chi connectivity index (χ2n) is 22.9. The molecule has 0 aliphatic carbocycles. The number of nitrogens with zero attached hydrogens (tertiary/aromatic N) is 3. The van der Waals surface area contributed by atoms with Gasteiger partial charge < -0.3 is 0 Å². The number of hydrogen-bond acceptors (Lipinski definition) is 10. The summed E-state index contributed by atoms with van der Waals surface area (Å²) < 4.78 is 1210. The second kappa shape index (κ2) is 31.2. The molecule has 0 radical (unpaired) electrons. The lowest BCUT2D eigenvalue weighted by molar-refractivity contribution is -0.498. The van der Waals surface area contributed by atoms with Crippen LogP contribution in [-0.4, -0.2) is 253 Å². The summed E-state index contributed by atoms with van der Waals surface area (Å²) >= 11 is 0. The van der Waals surface area contributed by atoms with Gasteiger partial charge in [-0.05, 0) is 12.9 Å². The van der Waals surface area contributed by atoms with Crippen LogP contribution in [0.15, 0.2) is 0 Å². The van der Waals surface area contributed by atoms with Crippen LogP contribution < -0.4 is 0 Å². The highest BCUT2D eigenvalue weighted by molar-refractivity contribution is 7.84. The zero-order chi connectivity index (χ0) is 109. The fourth-order valence-electron chi connectivity index (χ4n) is 7.61. The van der Waals surface area contributed by atoms with Gasteiger partial charge in [-0.2, -0.15) is 355 Å². The lowest BCUT2D eigenvalue weighted by atomic mass is 9.86. The molecule has 0 amide bonds. The number of phosphoric ester groups is 1. The van der Waals surface area contributed by atoms with Crippen molar-refractivity contribution in [3.05, 3.63) is 0 Å². The van der Waals surface area contributed by atoms with E-state index in [-0.39, 0.29) is 0 Å². The summed E-state index contributed by atoms with van der Waals surface area (Å²) in [6.45, 7) is 0. The van der Waals surface area contributed by atoms with Crippen molar-refractivity contribution in [1.29, 1.82) is 0 Å². The van der Waals surface area contributed by atoms with Crippen molar-refractivity contribution in [3.8, 4) is 0 Å². The number of halogens is 78. The Bertz CT molecular complexity index is 4120. The summed E-state index contributed by atoms with van der Waals surface area (Å²) in [5.41, 5.74) is 0. The molecule has 0 spiro atoms. The maximum Gasteiger partial charge on any atom is 0.484 e. The van der Waals surface area contributed by atoms with Gasteiger partial charge in [0.1, 0.15) is 0 Å². The monoisotopic (exact) mass is 2240 g/mol. The van der Waals surface area contributed by atoms with Gasteiger partial charge >= 0.3 is 254 Å². The van der Waals surface area contributed by atoms with E-state index >= 15 is 119 Å². The van der Waals surface area contributed by atoms with E-state index in [1.54, 1.807) is 0 Å². The van der Waals surface area contributed by atoms with Gasteiger partial charge in [-0.1, -0.05) is 11.7 Å². The van der Waals surface area contributed by atoms with E-state index < -0.39 is 281 Å². The van der Waals surface area contributed by atoms with Gasteiger partial charge in [-0.25, -0.2) is 18.1 Å². The summed E-state index contributed by atoms with van der Waals surface area (Å²) in [5.74, 6) is -288. The average molecular weight is 2240 g/mol. The molecule has 0 saturated carbocycles. The molecule has 3 atom stereocenters. The van der Waals surface area contributed by atoms with Gasteiger partial charge in [-0.3, -0.25) is 0 Å². The zero-order valence-electron chi connectivity index (χ0n) is 54.6. The third kappa shape index (κ3) is 16.5. The Morgan fingerprint density at radius 1 is 0.145 bits per heavy atom. The Morgan fingerprint density at radius 3 is 0.321 bits per heavy atom. The predicted molar refractivity (Wildman–Crippen MR) is 228 cm³/mol. The Kier molecular flexibility index (Phi) is 29.9. The first-order chi connectivity index (χ1) is 54.7. The SMILES string of the molecule is O=P(OC(F)(C(F)(F)N(C(F)(F)C(F)(F)F)S(=O)(=O)F)C(F)(F)C(F)(F)C(F)(F)C(F)(F)C(F)(F)C(F)(F)C(F)(F)C(F)(F)F)(OC(F)(C(F)(F)N(C(F)(F)C(F)(F)F)S(=O)(=O)F)C(F)(F)C(F)(F)C(F)(F)C(F)(F)C(F)(F)C(F)(F)C(F)(F)C(F)(F)F)OC(F)(C(F)(F)N(C(F)(F)C(F)(F)F)S(=O)(=O)F)C(F)(F)C(F)(F)C(F)(F)C(F)(F)C(F)(F)C(F)(F)C(F)(F)C(F)(F)F. The van der Waals surface area contributed by atoms with Gasteiger partial charge in [0.05, 0.1) is 0 Å². The van der Waals surface area contributed by atoms with Crippen molar-refractivity contribution in [3.63, 3.8) is 0 Å². The molecule has 0 aromatic rings. The Balaban J connectivity index is 13.7. The summed E-state index contributed by atoms with van der Waals surface area (Å²) in [6, 6.07) is -71.4. The molecule has 0 aromatic heterocycles. The van der Waals surface area contributed by atoms with Crippen LogP contribution in [0.1, 0.15) is 0 Å². The minimum absolute atomic E-state index is 0.466. The van der Waals surface area contributed by atoms with E-state index in [2.05, 4.69) is 0 Å². The van der Waals surface area contributed by atoms with Gasteiger partial charge in [0.15, 0.2) is 0 Å². The molecule has 3 unspecified atom stereocenters. The van der Waals surface area contributed by atoms with Crippen molar-refractivity contribution in [2.75, 3.05) is 0 Å². The quantitative estimate of drug-likeness (QED) is 0.0251. The Labute approximate surface area is 652 Å². The number of alkyl halides is 75. The molecule has 95 heteroatoms. The summed E-state index contributed by atoms with van der Waals surface area (Å²) in [4.78, 5) is 0. The molecular weight excluding hydrogens is 2240 g/mol. The van der Waals surface area contributed by atoms with Crippen LogP contribution in [0.4, 0.5) is 341 Å². The fraction of sp³-hybridized carbons (Fsp3) is 1.00.